The van der Waals surface area contributed by atoms with Crippen LogP contribution in [0.15, 0.2) is 42.5 Å². The Balaban J connectivity index is 2.22. The lowest BCUT2D eigenvalue weighted by atomic mass is 10.1. The van der Waals surface area contributed by atoms with E-state index in [1.165, 1.54) is 4.31 Å². The van der Waals surface area contributed by atoms with Gasteiger partial charge in [-0.2, -0.15) is 0 Å². The summed E-state index contributed by atoms with van der Waals surface area (Å²) in [5.74, 6) is -0.456. The van der Waals surface area contributed by atoms with E-state index in [9.17, 15) is 18.0 Å². The number of anilines is 1. The van der Waals surface area contributed by atoms with Crippen LogP contribution in [0.4, 0.5) is 5.69 Å². The molecule has 0 aliphatic heterocycles. The Bertz CT molecular complexity index is 1140. The minimum Gasteiger partial charge on any atom is -0.354 e. The van der Waals surface area contributed by atoms with Crippen LogP contribution in [0.2, 0.25) is 10.0 Å². The SMILES string of the molecule is CCCNC(=O)[C@@H](CC)N(Cc1ccc(Cl)c(Cl)c1)C(=O)CCCN(c1ccc(C)cc1)S(C)(=O)=O. The molecule has 2 rings (SSSR count). The maximum absolute atomic E-state index is 13.4. The Hall–Kier alpha value is -2.29. The van der Waals surface area contributed by atoms with E-state index in [-0.39, 0.29) is 31.3 Å². The van der Waals surface area contributed by atoms with Gasteiger partial charge >= 0.3 is 0 Å². The maximum Gasteiger partial charge on any atom is 0.242 e. The number of sulfonamides is 1. The van der Waals surface area contributed by atoms with Gasteiger partial charge in [0, 0.05) is 26.1 Å². The molecule has 0 saturated heterocycles. The van der Waals surface area contributed by atoms with Gasteiger partial charge in [-0.15, -0.1) is 0 Å². The fourth-order valence-corrected chi connectivity index (χ4v) is 5.12. The second kappa shape index (κ2) is 13.9. The molecule has 2 amide bonds. The lowest BCUT2D eigenvalue weighted by Gasteiger charge is -2.31. The average Bonchev–Trinajstić information content (AvgIpc) is 2.82. The molecule has 1 N–H and O–H groups in total. The fourth-order valence-electron chi connectivity index (χ4n) is 3.84. The smallest absolute Gasteiger partial charge is 0.242 e. The van der Waals surface area contributed by atoms with Crippen molar-refractivity contribution in [2.24, 2.45) is 0 Å². The van der Waals surface area contributed by atoms with Crippen LogP contribution in [-0.2, 0) is 26.2 Å². The first-order chi connectivity index (χ1) is 17.0. The van der Waals surface area contributed by atoms with Crippen molar-refractivity contribution in [3.63, 3.8) is 0 Å². The summed E-state index contributed by atoms with van der Waals surface area (Å²) in [5.41, 5.74) is 2.32. The molecule has 0 radical (unpaired) electrons. The number of nitrogens with zero attached hydrogens (tertiary/aromatic N) is 2. The van der Waals surface area contributed by atoms with Crippen LogP contribution in [0, 0.1) is 6.92 Å². The Morgan fingerprint density at radius 2 is 1.69 bits per heavy atom. The van der Waals surface area contributed by atoms with E-state index in [0.717, 1.165) is 23.8 Å². The summed E-state index contributed by atoms with van der Waals surface area (Å²) in [6.45, 7) is 6.59. The predicted molar refractivity (Wildman–Crippen MR) is 147 cm³/mol. The topological polar surface area (TPSA) is 86.8 Å². The first-order valence-corrected chi connectivity index (χ1v) is 14.6. The first-order valence-electron chi connectivity index (χ1n) is 12.0. The van der Waals surface area contributed by atoms with Crippen molar-refractivity contribution in [1.82, 2.24) is 10.2 Å². The van der Waals surface area contributed by atoms with E-state index < -0.39 is 16.1 Å². The first kappa shape index (κ1) is 29.9. The number of amides is 2. The van der Waals surface area contributed by atoms with Crippen molar-refractivity contribution < 1.29 is 18.0 Å². The fraction of sp³-hybridized carbons (Fsp3) is 0.462. The number of carbonyl (C=O) groups excluding carboxylic acids is 2. The van der Waals surface area contributed by atoms with E-state index in [0.29, 0.717) is 35.1 Å². The van der Waals surface area contributed by atoms with E-state index in [1.807, 2.05) is 32.9 Å². The molecule has 36 heavy (non-hydrogen) atoms. The van der Waals surface area contributed by atoms with Crippen molar-refractivity contribution in [2.75, 3.05) is 23.7 Å². The van der Waals surface area contributed by atoms with Crippen molar-refractivity contribution in [3.05, 3.63) is 63.6 Å². The predicted octanol–water partition coefficient (Wildman–Crippen LogP) is 5.18. The van der Waals surface area contributed by atoms with Gasteiger partial charge in [-0.25, -0.2) is 8.42 Å². The molecule has 10 heteroatoms. The Morgan fingerprint density at radius 3 is 2.25 bits per heavy atom. The molecule has 0 saturated carbocycles. The van der Waals surface area contributed by atoms with Gasteiger partial charge in [0.25, 0.3) is 0 Å². The van der Waals surface area contributed by atoms with Crippen LogP contribution >= 0.6 is 23.2 Å². The summed E-state index contributed by atoms with van der Waals surface area (Å²) >= 11 is 12.2. The van der Waals surface area contributed by atoms with E-state index in [2.05, 4.69) is 5.32 Å². The Kier molecular flexibility index (Phi) is 11.5. The van der Waals surface area contributed by atoms with Crippen LogP contribution in [0.5, 0.6) is 0 Å². The summed E-state index contributed by atoms with van der Waals surface area (Å²) < 4.78 is 26.2. The molecular formula is C26H35Cl2N3O4S. The number of hydrogen-bond donors (Lipinski definition) is 1. The third kappa shape index (κ3) is 8.68. The molecule has 0 aliphatic rings. The summed E-state index contributed by atoms with van der Waals surface area (Å²) in [5, 5.41) is 3.65. The highest BCUT2D eigenvalue weighted by molar-refractivity contribution is 7.92. The van der Waals surface area contributed by atoms with Crippen LogP contribution in [0.1, 0.15) is 50.7 Å². The monoisotopic (exact) mass is 555 g/mol. The summed E-state index contributed by atoms with van der Waals surface area (Å²) in [6, 6.07) is 11.6. The molecule has 198 valence electrons. The second-order valence-corrected chi connectivity index (χ2v) is 11.5. The molecule has 0 aliphatic carbocycles. The third-order valence-electron chi connectivity index (χ3n) is 5.75. The molecule has 7 nitrogen and oxygen atoms in total. The lowest BCUT2D eigenvalue weighted by molar-refractivity contribution is -0.141. The van der Waals surface area contributed by atoms with Gasteiger partial charge in [-0.05, 0) is 56.0 Å². The number of rotatable bonds is 13. The summed E-state index contributed by atoms with van der Waals surface area (Å²) in [4.78, 5) is 27.8. The minimum absolute atomic E-state index is 0.0801. The number of aryl methyl sites for hydroxylation is 1. The van der Waals surface area contributed by atoms with Gasteiger partial charge in [-0.3, -0.25) is 13.9 Å². The van der Waals surface area contributed by atoms with Gasteiger partial charge < -0.3 is 10.2 Å². The summed E-state index contributed by atoms with van der Waals surface area (Å²) in [6.07, 6.45) is 2.74. The average molecular weight is 557 g/mol. The van der Waals surface area contributed by atoms with Crippen molar-refractivity contribution in [3.8, 4) is 0 Å². The molecule has 2 aromatic rings. The highest BCUT2D eigenvalue weighted by atomic mass is 35.5. The maximum atomic E-state index is 13.4. The van der Waals surface area contributed by atoms with Gasteiger partial charge in [-0.1, -0.05) is 60.8 Å². The van der Waals surface area contributed by atoms with Crippen LogP contribution in [0.25, 0.3) is 0 Å². The zero-order valence-electron chi connectivity index (χ0n) is 21.3. The number of halogens is 2. The van der Waals surface area contributed by atoms with E-state index in [4.69, 9.17) is 23.2 Å². The van der Waals surface area contributed by atoms with Crippen molar-refractivity contribution in [1.29, 1.82) is 0 Å². The van der Waals surface area contributed by atoms with Gasteiger partial charge in [0.05, 0.1) is 22.0 Å². The standard InChI is InChI=1S/C26H35Cl2N3O4S/c1-5-15-29-26(33)24(6-2)30(18-20-11-14-22(27)23(28)17-20)25(32)8-7-16-31(36(4,34)35)21-12-9-19(3)10-13-21/h9-14,17,24H,5-8,15-16,18H2,1-4H3,(H,29,33)/t24-/m1/s1. The molecule has 1 atom stereocenters. The lowest BCUT2D eigenvalue weighted by Crippen LogP contribution is -2.49. The highest BCUT2D eigenvalue weighted by Gasteiger charge is 2.28. The van der Waals surface area contributed by atoms with Gasteiger partial charge in [0.2, 0.25) is 21.8 Å². The number of carbonyl (C=O) groups is 2. The largest absolute Gasteiger partial charge is 0.354 e. The van der Waals surface area contributed by atoms with E-state index >= 15 is 0 Å². The number of nitrogens with one attached hydrogen (secondary N) is 1. The molecule has 0 unspecified atom stereocenters. The zero-order valence-corrected chi connectivity index (χ0v) is 23.6. The molecule has 0 heterocycles. The molecule has 0 bridgehead atoms. The number of benzene rings is 2. The highest BCUT2D eigenvalue weighted by Crippen LogP contribution is 2.25. The molecule has 0 fully saturated rings. The minimum atomic E-state index is -3.53. The number of hydrogen-bond acceptors (Lipinski definition) is 4. The molecule has 0 spiro atoms. The van der Waals surface area contributed by atoms with Gasteiger partial charge in [0.15, 0.2) is 0 Å². The van der Waals surface area contributed by atoms with Crippen molar-refractivity contribution >= 4 is 50.7 Å². The summed E-state index contributed by atoms with van der Waals surface area (Å²) in [7, 11) is -3.53. The third-order valence-corrected chi connectivity index (χ3v) is 7.68. The molecule has 0 aromatic heterocycles. The van der Waals surface area contributed by atoms with E-state index in [1.54, 1.807) is 35.2 Å². The molecular weight excluding hydrogens is 521 g/mol. The van der Waals surface area contributed by atoms with Crippen LogP contribution in [0.3, 0.4) is 0 Å². The van der Waals surface area contributed by atoms with Crippen molar-refractivity contribution in [2.45, 2.75) is 59.0 Å². The zero-order chi connectivity index (χ0) is 26.9. The van der Waals surface area contributed by atoms with Crippen LogP contribution in [-0.4, -0.2) is 50.5 Å². The van der Waals surface area contributed by atoms with Gasteiger partial charge in [0.1, 0.15) is 6.04 Å². The Labute approximate surface area is 224 Å². The Morgan fingerprint density at radius 1 is 1.03 bits per heavy atom. The van der Waals surface area contributed by atoms with Crippen LogP contribution < -0.4 is 9.62 Å². The second-order valence-electron chi connectivity index (χ2n) is 8.76. The molecule has 2 aromatic carbocycles. The quantitative estimate of drug-likeness (QED) is 0.368. The normalized spacial score (nSPS) is 12.2.